The van der Waals surface area contributed by atoms with Crippen LogP contribution in [0.1, 0.15) is 22.8 Å². The van der Waals surface area contributed by atoms with Crippen LogP contribution in [0.4, 0.5) is 8.78 Å². The lowest BCUT2D eigenvalue weighted by atomic mass is 10.1. The number of sulfonamides is 1. The molecule has 35 heavy (non-hydrogen) atoms. The van der Waals surface area contributed by atoms with Gasteiger partial charge < -0.3 is 4.74 Å². The number of ether oxygens (including phenoxy) is 1. The van der Waals surface area contributed by atoms with Crippen molar-refractivity contribution in [2.24, 2.45) is 0 Å². The van der Waals surface area contributed by atoms with Gasteiger partial charge in [-0.25, -0.2) is 17.2 Å². The summed E-state index contributed by atoms with van der Waals surface area (Å²) in [5.74, 6) is -2.17. The van der Waals surface area contributed by atoms with Crippen molar-refractivity contribution in [2.45, 2.75) is 24.5 Å². The molecule has 0 N–H and O–H groups in total. The average molecular weight is 521 g/mol. The quantitative estimate of drug-likeness (QED) is 0.410. The highest BCUT2D eigenvalue weighted by molar-refractivity contribution is 7.89. The second-order valence-electron chi connectivity index (χ2n) is 8.60. The molecule has 0 aromatic heterocycles. The van der Waals surface area contributed by atoms with Gasteiger partial charge in [0.15, 0.2) is 4.90 Å². The van der Waals surface area contributed by atoms with Crippen molar-refractivity contribution >= 4 is 21.6 Å². The van der Waals surface area contributed by atoms with Crippen LogP contribution in [0, 0.1) is 18.6 Å². The van der Waals surface area contributed by atoms with E-state index in [9.17, 15) is 17.2 Å². The van der Waals surface area contributed by atoms with Crippen molar-refractivity contribution in [3.8, 4) is 0 Å². The van der Waals surface area contributed by atoms with Crippen LogP contribution in [0.25, 0.3) is 0 Å². The van der Waals surface area contributed by atoms with Crippen molar-refractivity contribution in [1.82, 2.24) is 9.21 Å². The van der Waals surface area contributed by atoms with E-state index in [1.54, 1.807) is 0 Å². The lowest BCUT2D eigenvalue weighted by molar-refractivity contribution is 0.00770. The number of nitrogens with zero attached hydrogens (tertiary/aromatic N) is 2. The molecule has 3 aromatic rings. The third kappa shape index (κ3) is 6.26. The maximum atomic E-state index is 14.1. The highest BCUT2D eigenvalue weighted by atomic mass is 35.5. The molecule has 1 unspecified atom stereocenters. The Morgan fingerprint density at radius 1 is 0.943 bits per heavy atom. The van der Waals surface area contributed by atoms with Gasteiger partial charge in [0.25, 0.3) is 0 Å². The number of aryl methyl sites for hydroxylation is 1. The Labute approximate surface area is 209 Å². The van der Waals surface area contributed by atoms with E-state index in [1.807, 2.05) is 49.4 Å². The van der Waals surface area contributed by atoms with E-state index in [0.717, 1.165) is 39.2 Å². The molecule has 0 saturated carbocycles. The number of hydrogen-bond acceptors (Lipinski definition) is 4. The van der Waals surface area contributed by atoms with Crippen LogP contribution in [-0.2, 0) is 21.4 Å². The van der Waals surface area contributed by atoms with E-state index in [2.05, 4.69) is 11.0 Å². The topological polar surface area (TPSA) is 49.9 Å². The van der Waals surface area contributed by atoms with Crippen LogP contribution in [-0.4, -0.2) is 50.3 Å². The second kappa shape index (κ2) is 11.1. The summed E-state index contributed by atoms with van der Waals surface area (Å²) in [4.78, 5) is 1.20. The normalized spacial score (nSPS) is 16.3. The molecule has 1 saturated heterocycles. The summed E-state index contributed by atoms with van der Waals surface area (Å²) in [6.07, 6.45) is -0.264. The first kappa shape index (κ1) is 25.7. The number of rotatable bonds is 8. The highest BCUT2D eigenvalue weighted by Gasteiger charge is 2.33. The first-order chi connectivity index (χ1) is 16.7. The molecule has 0 amide bonds. The summed E-state index contributed by atoms with van der Waals surface area (Å²) >= 11 is 6.06. The first-order valence-corrected chi connectivity index (χ1v) is 13.1. The molecule has 9 heteroatoms. The Hall–Kier alpha value is -2.36. The molecule has 1 aliphatic rings. The van der Waals surface area contributed by atoms with E-state index in [-0.39, 0.29) is 19.2 Å². The molecular formula is C26H27ClF2N2O3S. The fourth-order valence-electron chi connectivity index (χ4n) is 4.18. The Bertz CT molecular complexity index is 1240. The van der Waals surface area contributed by atoms with E-state index in [4.69, 9.17) is 16.3 Å². The molecule has 5 nitrogen and oxygen atoms in total. The van der Waals surface area contributed by atoms with Crippen LogP contribution in [0.3, 0.4) is 0 Å². The maximum absolute atomic E-state index is 14.1. The lowest BCUT2D eigenvalue weighted by Gasteiger charge is -2.36. The molecule has 1 heterocycles. The minimum Gasteiger partial charge on any atom is -0.368 e. The van der Waals surface area contributed by atoms with Gasteiger partial charge in [-0.15, -0.1) is 0 Å². The van der Waals surface area contributed by atoms with Gasteiger partial charge in [0.2, 0.25) is 10.0 Å². The van der Waals surface area contributed by atoms with Gasteiger partial charge in [0.1, 0.15) is 11.6 Å². The van der Waals surface area contributed by atoms with Gasteiger partial charge in [-0.1, -0.05) is 59.6 Å². The van der Waals surface area contributed by atoms with Crippen LogP contribution < -0.4 is 0 Å². The number of hydrogen-bond donors (Lipinski definition) is 0. The zero-order valence-corrected chi connectivity index (χ0v) is 20.9. The third-order valence-corrected chi connectivity index (χ3v) is 8.25. The van der Waals surface area contributed by atoms with Crippen LogP contribution in [0.15, 0.2) is 71.6 Å². The van der Waals surface area contributed by atoms with Crippen LogP contribution in [0.5, 0.6) is 0 Å². The lowest BCUT2D eigenvalue weighted by Crippen LogP contribution is -2.49. The Morgan fingerprint density at radius 3 is 2.20 bits per heavy atom. The fourth-order valence-corrected chi connectivity index (χ4v) is 5.83. The van der Waals surface area contributed by atoms with Crippen molar-refractivity contribution in [2.75, 3.05) is 32.7 Å². The predicted octanol–water partition coefficient (Wildman–Crippen LogP) is 5.19. The van der Waals surface area contributed by atoms with Gasteiger partial charge in [-0.2, -0.15) is 4.31 Å². The zero-order chi connectivity index (χ0) is 25.0. The molecule has 0 spiro atoms. The van der Waals surface area contributed by atoms with Gasteiger partial charge in [-0.3, -0.25) is 4.90 Å². The highest BCUT2D eigenvalue weighted by Crippen LogP contribution is 2.26. The average Bonchev–Trinajstić information content (AvgIpc) is 2.82. The first-order valence-electron chi connectivity index (χ1n) is 11.3. The molecular weight excluding hydrogens is 494 g/mol. The molecule has 1 atom stereocenters. The van der Waals surface area contributed by atoms with Gasteiger partial charge in [-0.05, 0) is 42.3 Å². The monoisotopic (exact) mass is 520 g/mol. The summed E-state index contributed by atoms with van der Waals surface area (Å²) in [7, 11) is -4.27. The van der Waals surface area contributed by atoms with Crippen molar-refractivity contribution in [3.63, 3.8) is 0 Å². The molecule has 0 aliphatic carbocycles. The molecule has 1 fully saturated rings. The molecule has 186 valence electrons. The summed E-state index contributed by atoms with van der Waals surface area (Å²) in [5, 5.41) is 0.630. The van der Waals surface area contributed by atoms with Crippen LogP contribution in [0.2, 0.25) is 5.02 Å². The minimum atomic E-state index is -4.27. The molecule has 0 radical (unpaired) electrons. The fraction of sp³-hybridized carbons (Fsp3) is 0.308. The number of halogens is 3. The molecule has 0 bridgehead atoms. The van der Waals surface area contributed by atoms with Gasteiger partial charge in [0, 0.05) is 37.7 Å². The Kier molecular flexibility index (Phi) is 8.19. The van der Waals surface area contributed by atoms with Crippen molar-refractivity contribution in [1.29, 1.82) is 0 Å². The second-order valence-corrected chi connectivity index (χ2v) is 10.9. The Balaban J connectivity index is 1.44. The van der Waals surface area contributed by atoms with E-state index in [1.165, 1.54) is 0 Å². The smallest absolute Gasteiger partial charge is 0.249 e. The summed E-state index contributed by atoms with van der Waals surface area (Å²) in [6, 6.07) is 18.6. The van der Waals surface area contributed by atoms with E-state index < -0.39 is 26.6 Å². The summed E-state index contributed by atoms with van der Waals surface area (Å²) < 4.78 is 61.5. The molecule has 1 aliphatic heterocycles. The van der Waals surface area contributed by atoms with Crippen molar-refractivity contribution < 1.29 is 21.9 Å². The predicted molar refractivity (Wildman–Crippen MR) is 132 cm³/mol. The standard InChI is InChI=1S/C26H27ClF2N2O3S/c1-19-4-2-5-20(16-19)18-34-25(21-8-10-22(27)11-9-21)17-30-12-14-31(15-13-30)35(32,33)26-23(28)6-3-7-24(26)29/h2-11,16,25H,12-15,17-18H2,1H3. The van der Waals surface area contributed by atoms with Crippen molar-refractivity contribution in [3.05, 3.63) is 100 Å². The molecule has 3 aromatic carbocycles. The third-order valence-electron chi connectivity index (χ3n) is 6.05. The zero-order valence-electron chi connectivity index (χ0n) is 19.3. The van der Waals surface area contributed by atoms with Gasteiger partial charge >= 0.3 is 0 Å². The van der Waals surface area contributed by atoms with E-state index in [0.29, 0.717) is 31.3 Å². The SMILES string of the molecule is Cc1cccc(COC(CN2CCN(S(=O)(=O)c3c(F)cccc3F)CC2)c2ccc(Cl)cc2)c1. The summed E-state index contributed by atoms with van der Waals surface area (Å²) in [5.41, 5.74) is 3.18. The summed E-state index contributed by atoms with van der Waals surface area (Å²) in [6.45, 7) is 4.06. The van der Waals surface area contributed by atoms with Crippen LogP contribution >= 0.6 is 11.6 Å². The van der Waals surface area contributed by atoms with Gasteiger partial charge in [0.05, 0.1) is 12.7 Å². The number of benzene rings is 3. The number of piperazine rings is 1. The Morgan fingerprint density at radius 2 is 1.57 bits per heavy atom. The largest absolute Gasteiger partial charge is 0.368 e. The molecule has 4 rings (SSSR count). The van der Waals surface area contributed by atoms with E-state index >= 15 is 0 Å². The maximum Gasteiger partial charge on any atom is 0.249 e. The minimum absolute atomic E-state index is 0.126.